The Labute approximate surface area is 133 Å². The average Bonchev–Trinajstić information content (AvgIpc) is 2.75. The van der Waals surface area contributed by atoms with E-state index < -0.39 is 0 Å². The highest BCUT2D eigenvalue weighted by Crippen LogP contribution is 2.21. The molecule has 2 aromatic rings. The minimum Gasteiger partial charge on any atom is -0.367 e. The third kappa shape index (κ3) is 3.04. The molecule has 3 rings (SSSR count). The Kier molecular flexibility index (Phi) is 4.27. The zero-order valence-electron chi connectivity index (χ0n) is 13.3. The lowest BCUT2D eigenvalue weighted by Crippen LogP contribution is -2.35. The molecule has 23 heavy (non-hydrogen) atoms. The Morgan fingerprint density at radius 2 is 2.09 bits per heavy atom. The maximum atomic E-state index is 13.9. The summed E-state index contributed by atoms with van der Waals surface area (Å²) in [6, 6.07) is 1.67. The summed E-state index contributed by atoms with van der Waals surface area (Å²) in [7, 11) is 0. The second-order valence-electron chi connectivity index (χ2n) is 5.66. The second kappa shape index (κ2) is 6.36. The van der Waals surface area contributed by atoms with E-state index in [1.54, 1.807) is 31.0 Å². The monoisotopic (exact) mass is 318 g/mol. The summed E-state index contributed by atoms with van der Waals surface area (Å²) in [5.74, 6) is 0.130. The van der Waals surface area contributed by atoms with Crippen molar-refractivity contribution in [3.05, 3.63) is 41.3 Å². The van der Waals surface area contributed by atoms with E-state index in [1.807, 2.05) is 4.90 Å². The van der Waals surface area contributed by atoms with Crippen LogP contribution in [0, 0.1) is 19.7 Å². The first-order valence-corrected chi connectivity index (χ1v) is 7.64. The van der Waals surface area contributed by atoms with Gasteiger partial charge in [0.1, 0.15) is 11.3 Å². The van der Waals surface area contributed by atoms with E-state index in [-0.39, 0.29) is 11.7 Å². The molecule has 0 spiro atoms. The fourth-order valence-electron chi connectivity index (χ4n) is 2.93. The Hall–Kier alpha value is -2.44. The molecule has 3 heterocycles. The fourth-order valence-corrected chi connectivity index (χ4v) is 2.93. The highest BCUT2D eigenvalue weighted by Gasteiger charge is 2.26. The molecule has 0 atom stereocenters. The van der Waals surface area contributed by atoms with Gasteiger partial charge in [-0.1, -0.05) is 5.16 Å². The first-order valence-electron chi connectivity index (χ1n) is 7.64. The van der Waals surface area contributed by atoms with Crippen molar-refractivity contribution in [1.82, 2.24) is 15.0 Å². The van der Waals surface area contributed by atoms with Gasteiger partial charge < -0.3 is 14.3 Å². The van der Waals surface area contributed by atoms with E-state index >= 15 is 0 Å². The first kappa shape index (κ1) is 15.5. The first-order chi connectivity index (χ1) is 11.1. The van der Waals surface area contributed by atoms with Crippen LogP contribution >= 0.6 is 0 Å². The molecule has 1 aliphatic heterocycles. The number of hydrogen-bond donors (Lipinski definition) is 0. The third-order valence-electron chi connectivity index (χ3n) is 4.12. The number of aryl methyl sites for hydroxylation is 2. The quantitative estimate of drug-likeness (QED) is 0.849. The molecule has 0 saturated carbocycles. The Morgan fingerprint density at radius 1 is 1.26 bits per heavy atom. The minimum atomic E-state index is -0.335. The summed E-state index contributed by atoms with van der Waals surface area (Å²) in [6.45, 7) is 5.95. The number of hydrogen-bond acceptors (Lipinski definition) is 5. The number of amides is 1. The standard InChI is InChI=1S/C16H19FN4O2/c1-11-15(12(2)23-19-11)16(22)21-7-3-6-20(8-9-21)14-4-5-18-10-13(14)17/h4-5,10H,3,6-9H2,1-2H3. The van der Waals surface area contributed by atoms with Crippen LogP contribution in [0.1, 0.15) is 28.2 Å². The van der Waals surface area contributed by atoms with Gasteiger partial charge in [0, 0.05) is 32.4 Å². The Morgan fingerprint density at radius 3 is 2.78 bits per heavy atom. The molecular weight excluding hydrogens is 299 g/mol. The lowest BCUT2D eigenvalue weighted by atomic mass is 10.1. The Bertz CT molecular complexity index is 696. The van der Waals surface area contributed by atoms with Crippen molar-refractivity contribution in [2.45, 2.75) is 20.3 Å². The normalized spacial score (nSPS) is 15.6. The van der Waals surface area contributed by atoms with Crippen molar-refractivity contribution in [2.24, 2.45) is 0 Å². The summed E-state index contributed by atoms with van der Waals surface area (Å²) >= 11 is 0. The van der Waals surface area contributed by atoms with Gasteiger partial charge in [0.15, 0.2) is 5.82 Å². The zero-order chi connectivity index (χ0) is 16.4. The van der Waals surface area contributed by atoms with E-state index in [1.165, 1.54) is 6.20 Å². The number of carbonyl (C=O) groups is 1. The lowest BCUT2D eigenvalue weighted by molar-refractivity contribution is 0.0764. The maximum Gasteiger partial charge on any atom is 0.259 e. The number of carbonyl (C=O) groups excluding carboxylic acids is 1. The highest BCUT2D eigenvalue weighted by atomic mass is 19.1. The zero-order valence-corrected chi connectivity index (χ0v) is 13.3. The molecule has 0 bridgehead atoms. The van der Waals surface area contributed by atoms with Gasteiger partial charge in [0.05, 0.1) is 17.6 Å². The van der Waals surface area contributed by atoms with Gasteiger partial charge in [-0.05, 0) is 26.3 Å². The summed E-state index contributed by atoms with van der Waals surface area (Å²) in [5.41, 5.74) is 1.67. The number of pyridine rings is 1. The molecule has 1 fully saturated rings. The third-order valence-corrected chi connectivity index (χ3v) is 4.12. The van der Waals surface area contributed by atoms with Crippen molar-refractivity contribution in [2.75, 3.05) is 31.1 Å². The summed E-state index contributed by atoms with van der Waals surface area (Å²) in [5, 5.41) is 3.84. The van der Waals surface area contributed by atoms with Crippen LogP contribution in [-0.4, -0.2) is 47.1 Å². The topological polar surface area (TPSA) is 62.5 Å². The van der Waals surface area contributed by atoms with Crippen molar-refractivity contribution in [1.29, 1.82) is 0 Å². The summed E-state index contributed by atoms with van der Waals surface area (Å²) < 4.78 is 19.0. The van der Waals surface area contributed by atoms with Crippen molar-refractivity contribution >= 4 is 11.6 Å². The molecule has 1 aliphatic rings. The van der Waals surface area contributed by atoms with E-state index in [2.05, 4.69) is 10.1 Å². The van der Waals surface area contributed by atoms with Crippen LogP contribution in [0.2, 0.25) is 0 Å². The molecule has 2 aromatic heterocycles. The largest absolute Gasteiger partial charge is 0.367 e. The van der Waals surface area contributed by atoms with E-state index in [0.717, 1.165) is 6.42 Å². The highest BCUT2D eigenvalue weighted by molar-refractivity contribution is 5.96. The SMILES string of the molecule is Cc1noc(C)c1C(=O)N1CCCN(c2ccncc2F)CC1. The van der Waals surface area contributed by atoms with Crippen LogP contribution in [-0.2, 0) is 0 Å². The summed E-state index contributed by atoms with van der Waals surface area (Å²) in [6.07, 6.45) is 3.57. The van der Waals surface area contributed by atoms with Crippen LogP contribution in [0.5, 0.6) is 0 Å². The van der Waals surface area contributed by atoms with E-state index in [4.69, 9.17) is 4.52 Å². The number of aromatic nitrogens is 2. The van der Waals surface area contributed by atoms with Crippen LogP contribution in [0.3, 0.4) is 0 Å². The number of halogens is 1. The van der Waals surface area contributed by atoms with Gasteiger partial charge >= 0.3 is 0 Å². The van der Waals surface area contributed by atoms with Gasteiger partial charge in [-0.15, -0.1) is 0 Å². The molecule has 0 radical (unpaired) electrons. The predicted octanol–water partition coefficient (Wildman–Crippen LogP) is 2.18. The van der Waals surface area contributed by atoms with Crippen molar-refractivity contribution in [3.8, 4) is 0 Å². The number of anilines is 1. The number of rotatable bonds is 2. The van der Waals surface area contributed by atoms with Gasteiger partial charge in [-0.3, -0.25) is 9.78 Å². The molecular formula is C16H19FN4O2. The fraction of sp³-hybridized carbons (Fsp3) is 0.438. The molecule has 0 unspecified atom stereocenters. The van der Waals surface area contributed by atoms with Crippen LogP contribution in [0.15, 0.2) is 23.0 Å². The minimum absolute atomic E-state index is 0.0710. The van der Waals surface area contributed by atoms with Crippen LogP contribution in [0.25, 0.3) is 0 Å². The van der Waals surface area contributed by atoms with Crippen molar-refractivity contribution < 1.29 is 13.7 Å². The van der Waals surface area contributed by atoms with Gasteiger partial charge in [0.25, 0.3) is 5.91 Å². The number of nitrogens with zero attached hydrogens (tertiary/aromatic N) is 4. The second-order valence-corrected chi connectivity index (χ2v) is 5.66. The van der Waals surface area contributed by atoms with Crippen LogP contribution in [0.4, 0.5) is 10.1 Å². The molecule has 6 nitrogen and oxygen atoms in total. The van der Waals surface area contributed by atoms with Gasteiger partial charge in [0.2, 0.25) is 0 Å². The Balaban J connectivity index is 1.74. The van der Waals surface area contributed by atoms with E-state index in [0.29, 0.717) is 48.9 Å². The lowest BCUT2D eigenvalue weighted by Gasteiger charge is -2.23. The molecule has 7 heteroatoms. The predicted molar refractivity (Wildman–Crippen MR) is 82.9 cm³/mol. The van der Waals surface area contributed by atoms with Gasteiger partial charge in [-0.25, -0.2) is 4.39 Å². The molecule has 0 N–H and O–H groups in total. The van der Waals surface area contributed by atoms with Gasteiger partial charge in [-0.2, -0.15) is 0 Å². The molecule has 0 aliphatic carbocycles. The summed E-state index contributed by atoms with van der Waals surface area (Å²) in [4.78, 5) is 20.2. The molecule has 1 amide bonds. The molecule has 1 saturated heterocycles. The average molecular weight is 318 g/mol. The molecule has 0 aromatic carbocycles. The van der Waals surface area contributed by atoms with E-state index in [9.17, 15) is 9.18 Å². The smallest absolute Gasteiger partial charge is 0.259 e. The van der Waals surface area contributed by atoms with Crippen LogP contribution < -0.4 is 4.90 Å². The molecule has 122 valence electrons. The maximum absolute atomic E-state index is 13.9. The van der Waals surface area contributed by atoms with Crippen molar-refractivity contribution in [3.63, 3.8) is 0 Å².